The number of nitrogens with zero attached hydrogens (tertiary/aromatic N) is 1. The van der Waals surface area contributed by atoms with Gasteiger partial charge in [0.1, 0.15) is 11.7 Å². The van der Waals surface area contributed by atoms with Crippen molar-refractivity contribution < 1.29 is 23.1 Å². The van der Waals surface area contributed by atoms with Crippen LogP contribution in [0.1, 0.15) is 62.5 Å². The molecule has 202 valence electrons. The van der Waals surface area contributed by atoms with E-state index in [0.717, 1.165) is 36.1 Å². The minimum absolute atomic E-state index is 0.0445. The molecule has 1 aliphatic rings. The number of hydrogen-bond acceptors (Lipinski definition) is 5. The maximum Gasteiger partial charge on any atom is 0.323 e. The van der Waals surface area contributed by atoms with Crippen LogP contribution in [-0.4, -0.2) is 48.0 Å². The lowest BCUT2D eigenvalue weighted by Crippen LogP contribution is -2.48. The fraction of sp³-hybridized carbons (Fsp3) is 0.393. The number of carboxylic acids is 1. The lowest BCUT2D eigenvalue weighted by Gasteiger charge is -2.18. The van der Waals surface area contributed by atoms with Crippen molar-refractivity contribution >= 4 is 21.9 Å². The highest BCUT2D eigenvalue weighted by Crippen LogP contribution is 2.22. The second kappa shape index (κ2) is 11.5. The number of carbonyl (C=O) groups is 2. The molecular weight excluding hydrogens is 504 g/mol. The number of H-pyrrole nitrogens is 1. The van der Waals surface area contributed by atoms with Crippen LogP contribution in [0.3, 0.4) is 0 Å². The molecule has 3 aromatic rings. The molecule has 0 spiro atoms. The third-order valence-corrected chi connectivity index (χ3v) is 8.60. The van der Waals surface area contributed by atoms with Crippen molar-refractivity contribution in [2.45, 2.75) is 70.2 Å². The molecule has 0 fully saturated rings. The van der Waals surface area contributed by atoms with Crippen LogP contribution in [0.15, 0.2) is 41.4 Å². The van der Waals surface area contributed by atoms with Gasteiger partial charge < -0.3 is 15.4 Å². The van der Waals surface area contributed by atoms with Crippen LogP contribution in [0.2, 0.25) is 0 Å². The van der Waals surface area contributed by atoms with Gasteiger partial charge >= 0.3 is 5.97 Å². The number of aromatic nitrogens is 2. The van der Waals surface area contributed by atoms with E-state index in [2.05, 4.69) is 27.2 Å². The number of rotatable bonds is 10. The van der Waals surface area contributed by atoms with Crippen molar-refractivity contribution in [2.24, 2.45) is 0 Å². The average molecular weight is 539 g/mol. The minimum atomic E-state index is -4.13. The van der Waals surface area contributed by atoms with Crippen molar-refractivity contribution in [3.63, 3.8) is 0 Å². The summed E-state index contributed by atoms with van der Waals surface area (Å²) >= 11 is 0. The first-order valence-electron chi connectivity index (χ1n) is 12.8. The Morgan fingerprint density at radius 1 is 1.05 bits per heavy atom. The van der Waals surface area contributed by atoms with Gasteiger partial charge in [-0.3, -0.25) is 14.6 Å². The van der Waals surface area contributed by atoms with Gasteiger partial charge in [0.05, 0.1) is 4.90 Å². The number of benzene rings is 1. The Balaban J connectivity index is 1.35. The van der Waals surface area contributed by atoms with Crippen molar-refractivity contribution in [2.75, 3.05) is 6.54 Å². The van der Waals surface area contributed by atoms with Gasteiger partial charge in [-0.1, -0.05) is 23.8 Å². The first-order chi connectivity index (χ1) is 18.0. The van der Waals surface area contributed by atoms with E-state index >= 15 is 0 Å². The van der Waals surface area contributed by atoms with Crippen LogP contribution < -0.4 is 10.0 Å². The first-order valence-corrected chi connectivity index (χ1v) is 14.3. The van der Waals surface area contributed by atoms with Gasteiger partial charge in [-0.2, -0.15) is 4.72 Å². The van der Waals surface area contributed by atoms with Crippen LogP contribution in [0.25, 0.3) is 0 Å². The standard InChI is InChI=1S/C28H34N4O5S/c1-17-12-18(2)26(19(3)13-17)38(36,37)32-25(28(34)35)16-30-27(33)24-14-20(15-29-24)8-10-22-11-9-21-6-4-5-7-23(21)31-22/h9,11-15,25,29,32H,4-8,10,16H2,1-3H3,(H,30,33)(H,34,35)/t25-/m0/s1. The zero-order valence-corrected chi connectivity index (χ0v) is 22.7. The molecule has 1 aliphatic carbocycles. The predicted octanol–water partition coefficient (Wildman–Crippen LogP) is 3.16. The fourth-order valence-corrected chi connectivity index (χ4v) is 6.70. The van der Waals surface area contributed by atoms with Gasteiger partial charge in [0.25, 0.3) is 5.91 Å². The summed E-state index contributed by atoms with van der Waals surface area (Å²) in [6, 6.07) is 7.87. The molecule has 0 saturated carbocycles. The summed E-state index contributed by atoms with van der Waals surface area (Å²) in [5, 5.41) is 12.1. The third-order valence-electron chi connectivity index (χ3n) is 6.83. The topological polar surface area (TPSA) is 141 Å². The van der Waals surface area contributed by atoms with Gasteiger partial charge in [0, 0.05) is 24.1 Å². The fourth-order valence-electron chi connectivity index (χ4n) is 5.06. The van der Waals surface area contributed by atoms with Gasteiger partial charge in [-0.15, -0.1) is 0 Å². The van der Waals surface area contributed by atoms with Gasteiger partial charge in [0.15, 0.2) is 0 Å². The van der Waals surface area contributed by atoms with Crippen LogP contribution in [0.4, 0.5) is 0 Å². The number of fused-ring (bicyclic) bond motifs is 1. The molecular formula is C28H34N4O5S. The number of pyridine rings is 1. The number of carbonyl (C=O) groups excluding carboxylic acids is 1. The normalized spacial score (nSPS) is 14.1. The number of nitrogens with one attached hydrogen (secondary N) is 3. The van der Waals surface area contributed by atoms with E-state index in [9.17, 15) is 23.1 Å². The van der Waals surface area contributed by atoms with Crippen LogP contribution in [0.5, 0.6) is 0 Å². The van der Waals surface area contributed by atoms with Gasteiger partial charge in [0.2, 0.25) is 10.0 Å². The summed E-state index contributed by atoms with van der Waals surface area (Å²) in [5.41, 5.74) is 6.70. The third kappa shape index (κ3) is 6.49. The zero-order valence-electron chi connectivity index (χ0n) is 21.9. The number of hydrogen-bond donors (Lipinski definition) is 4. The number of aryl methyl sites for hydroxylation is 7. The Bertz CT molecular complexity index is 1440. The number of amides is 1. The lowest BCUT2D eigenvalue weighted by molar-refractivity contribution is -0.138. The molecule has 1 aromatic carbocycles. The Hall–Kier alpha value is -3.50. The van der Waals surface area contributed by atoms with E-state index in [4.69, 9.17) is 4.98 Å². The lowest BCUT2D eigenvalue weighted by atomic mass is 9.95. The molecule has 0 radical (unpaired) electrons. The molecule has 1 amide bonds. The molecule has 4 rings (SSSR count). The summed E-state index contributed by atoms with van der Waals surface area (Å²) in [7, 11) is -4.13. The molecule has 1 atom stereocenters. The Morgan fingerprint density at radius 3 is 2.47 bits per heavy atom. The van der Waals surface area contributed by atoms with Gasteiger partial charge in [-0.05, 0) is 93.7 Å². The largest absolute Gasteiger partial charge is 0.480 e. The summed E-state index contributed by atoms with van der Waals surface area (Å²) in [6.07, 6.45) is 7.69. The highest BCUT2D eigenvalue weighted by Gasteiger charge is 2.28. The second-order valence-electron chi connectivity index (χ2n) is 9.99. The van der Waals surface area contributed by atoms with Crippen LogP contribution in [0, 0.1) is 20.8 Å². The first kappa shape index (κ1) is 27.5. The second-order valence-corrected chi connectivity index (χ2v) is 11.6. The molecule has 0 aliphatic heterocycles. The smallest absolute Gasteiger partial charge is 0.323 e. The monoisotopic (exact) mass is 538 g/mol. The summed E-state index contributed by atoms with van der Waals surface area (Å²) in [6.45, 7) is 4.77. The highest BCUT2D eigenvalue weighted by molar-refractivity contribution is 7.89. The van der Waals surface area contributed by atoms with Crippen LogP contribution in [-0.2, 0) is 40.5 Å². The average Bonchev–Trinajstić information content (AvgIpc) is 3.33. The Labute approximate surface area is 223 Å². The molecule has 2 heterocycles. The van der Waals surface area contributed by atoms with Crippen LogP contribution >= 0.6 is 0 Å². The van der Waals surface area contributed by atoms with E-state index in [1.54, 1.807) is 38.2 Å². The van der Waals surface area contributed by atoms with E-state index in [-0.39, 0.29) is 10.6 Å². The number of aliphatic carboxylic acids is 1. The highest BCUT2D eigenvalue weighted by atomic mass is 32.2. The Kier molecular flexibility index (Phi) is 8.32. The SMILES string of the molecule is Cc1cc(C)c(S(=O)(=O)N[C@@H](CNC(=O)c2cc(CCc3ccc4c(n3)CCCC4)c[nH]2)C(=O)O)c(C)c1. The molecule has 38 heavy (non-hydrogen) atoms. The number of aromatic amines is 1. The molecule has 10 heteroatoms. The molecule has 4 N–H and O–H groups in total. The van der Waals surface area contributed by atoms with E-state index in [1.165, 1.54) is 24.1 Å². The van der Waals surface area contributed by atoms with Gasteiger partial charge in [-0.25, -0.2) is 8.42 Å². The molecule has 0 bridgehead atoms. The molecule has 2 aromatic heterocycles. The summed E-state index contributed by atoms with van der Waals surface area (Å²) in [4.78, 5) is 32.2. The Morgan fingerprint density at radius 2 is 1.76 bits per heavy atom. The van der Waals surface area contributed by atoms with E-state index in [0.29, 0.717) is 17.5 Å². The summed E-state index contributed by atoms with van der Waals surface area (Å²) in [5.74, 6) is -1.91. The van der Waals surface area contributed by atoms with E-state index < -0.39 is 34.5 Å². The molecule has 0 unspecified atom stereocenters. The quantitative estimate of drug-likeness (QED) is 0.313. The van der Waals surface area contributed by atoms with Crippen molar-refractivity contribution in [3.05, 3.63) is 81.4 Å². The minimum Gasteiger partial charge on any atom is -0.480 e. The van der Waals surface area contributed by atoms with Crippen molar-refractivity contribution in [3.8, 4) is 0 Å². The molecule has 0 saturated heterocycles. The summed E-state index contributed by atoms with van der Waals surface area (Å²) < 4.78 is 28.2. The van der Waals surface area contributed by atoms with Crippen molar-refractivity contribution in [1.82, 2.24) is 20.0 Å². The number of carboxylic acid groups (broad SMARTS) is 1. The zero-order chi connectivity index (χ0) is 27.4. The predicted molar refractivity (Wildman–Crippen MR) is 144 cm³/mol. The maximum atomic E-state index is 13.0. The molecule has 9 nitrogen and oxygen atoms in total. The van der Waals surface area contributed by atoms with E-state index in [1.807, 2.05) is 6.92 Å². The maximum absolute atomic E-state index is 13.0. The number of sulfonamides is 1. The van der Waals surface area contributed by atoms with Crippen molar-refractivity contribution in [1.29, 1.82) is 0 Å².